The Morgan fingerprint density at radius 1 is 1.14 bits per heavy atom. The lowest BCUT2D eigenvalue weighted by atomic mass is 9.96. The molecule has 0 unspecified atom stereocenters. The highest BCUT2D eigenvalue weighted by molar-refractivity contribution is 5.88. The Balaban J connectivity index is 1.69. The van der Waals surface area contributed by atoms with Crippen LogP contribution in [0.3, 0.4) is 0 Å². The summed E-state index contributed by atoms with van der Waals surface area (Å²) in [6.45, 7) is 4.64. The summed E-state index contributed by atoms with van der Waals surface area (Å²) in [7, 11) is 0. The molecule has 3 fully saturated rings. The second-order valence-electron chi connectivity index (χ2n) is 6.95. The normalized spacial score (nSPS) is 28.1. The van der Waals surface area contributed by atoms with Crippen molar-refractivity contribution in [2.45, 2.75) is 69.9 Å². The van der Waals surface area contributed by atoms with E-state index in [1.165, 1.54) is 12.8 Å². The van der Waals surface area contributed by atoms with Crippen molar-refractivity contribution in [2.24, 2.45) is 0 Å². The predicted molar refractivity (Wildman–Crippen MR) is 83.4 cm³/mol. The molecule has 0 N–H and O–H groups in total. The SMILES string of the molecule is CCC(=O)N1CCCC[C@@H]1C(=O)N1CCOC2(CCCC2)C1. The summed E-state index contributed by atoms with van der Waals surface area (Å²) in [6, 6.07) is -0.238. The number of amides is 2. The predicted octanol–water partition coefficient (Wildman–Crippen LogP) is 1.95. The van der Waals surface area contributed by atoms with Gasteiger partial charge < -0.3 is 14.5 Å². The summed E-state index contributed by atoms with van der Waals surface area (Å²) in [5.41, 5.74) is -0.0951. The maximum absolute atomic E-state index is 13.0. The lowest BCUT2D eigenvalue weighted by Crippen LogP contribution is -2.58. The first-order valence-corrected chi connectivity index (χ1v) is 8.87. The smallest absolute Gasteiger partial charge is 0.245 e. The number of morpholine rings is 1. The Labute approximate surface area is 133 Å². The number of hydrogen-bond donors (Lipinski definition) is 0. The molecule has 3 rings (SSSR count). The van der Waals surface area contributed by atoms with E-state index >= 15 is 0 Å². The second kappa shape index (κ2) is 6.57. The Morgan fingerprint density at radius 3 is 2.64 bits per heavy atom. The summed E-state index contributed by atoms with van der Waals surface area (Å²) < 4.78 is 6.02. The molecule has 2 amide bonds. The fraction of sp³-hybridized carbons (Fsp3) is 0.882. The molecule has 0 aromatic rings. The molecule has 0 aromatic carbocycles. The maximum atomic E-state index is 13.0. The van der Waals surface area contributed by atoms with Crippen LogP contribution in [0.4, 0.5) is 0 Å². The first-order valence-electron chi connectivity index (χ1n) is 8.87. The third-order valence-electron chi connectivity index (χ3n) is 5.49. The molecule has 124 valence electrons. The summed E-state index contributed by atoms with van der Waals surface area (Å²) in [4.78, 5) is 28.9. The number of hydrogen-bond acceptors (Lipinski definition) is 3. The van der Waals surface area contributed by atoms with E-state index in [4.69, 9.17) is 4.74 Å². The van der Waals surface area contributed by atoms with Gasteiger partial charge in [0.2, 0.25) is 11.8 Å². The van der Waals surface area contributed by atoms with Gasteiger partial charge in [-0.05, 0) is 32.1 Å². The maximum Gasteiger partial charge on any atom is 0.245 e. The van der Waals surface area contributed by atoms with Gasteiger partial charge in [0.25, 0.3) is 0 Å². The minimum atomic E-state index is -0.238. The Morgan fingerprint density at radius 2 is 1.91 bits per heavy atom. The first kappa shape index (κ1) is 15.8. The zero-order valence-corrected chi connectivity index (χ0v) is 13.7. The molecule has 5 nitrogen and oxygen atoms in total. The Bertz CT molecular complexity index is 432. The summed E-state index contributed by atoms with van der Waals surface area (Å²) >= 11 is 0. The van der Waals surface area contributed by atoms with Gasteiger partial charge in [0.05, 0.1) is 12.2 Å². The number of nitrogens with zero attached hydrogens (tertiary/aromatic N) is 2. The van der Waals surface area contributed by atoms with Crippen LogP contribution in [0.5, 0.6) is 0 Å². The number of carbonyl (C=O) groups is 2. The Kier molecular flexibility index (Phi) is 4.71. The highest BCUT2D eigenvalue weighted by Gasteiger charge is 2.43. The monoisotopic (exact) mass is 308 g/mol. The molecule has 22 heavy (non-hydrogen) atoms. The van der Waals surface area contributed by atoms with Crippen LogP contribution >= 0.6 is 0 Å². The van der Waals surface area contributed by atoms with Gasteiger partial charge in [-0.3, -0.25) is 9.59 Å². The lowest BCUT2D eigenvalue weighted by Gasteiger charge is -2.44. The molecule has 0 bridgehead atoms. The fourth-order valence-electron chi connectivity index (χ4n) is 4.26. The first-order chi connectivity index (χ1) is 10.7. The van der Waals surface area contributed by atoms with Gasteiger partial charge in [-0.15, -0.1) is 0 Å². The number of ether oxygens (including phenoxy) is 1. The number of likely N-dealkylation sites (tertiary alicyclic amines) is 1. The van der Waals surface area contributed by atoms with Gasteiger partial charge >= 0.3 is 0 Å². The van der Waals surface area contributed by atoms with Gasteiger partial charge in [-0.2, -0.15) is 0 Å². The van der Waals surface area contributed by atoms with Gasteiger partial charge in [-0.25, -0.2) is 0 Å². The minimum absolute atomic E-state index is 0.0951. The molecule has 0 radical (unpaired) electrons. The van der Waals surface area contributed by atoms with Crippen molar-refractivity contribution in [1.29, 1.82) is 0 Å². The van der Waals surface area contributed by atoms with E-state index < -0.39 is 0 Å². The van der Waals surface area contributed by atoms with Gasteiger partial charge in [0, 0.05) is 26.1 Å². The quantitative estimate of drug-likeness (QED) is 0.783. The van der Waals surface area contributed by atoms with Gasteiger partial charge in [-0.1, -0.05) is 19.8 Å². The molecule has 3 aliphatic rings. The lowest BCUT2D eigenvalue weighted by molar-refractivity contribution is -0.159. The van der Waals surface area contributed by atoms with E-state index in [1.54, 1.807) is 0 Å². The molecule has 5 heteroatoms. The molecule has 2 heterocycles. The molecule has 1 aliphatic carbocycles. The second-order valence-corrected chi connectivity index (χ2v) is 6.95. The van der Waals surface area contributed by atoms with Crippen LogP contribution in [0.2, 0.25) is 0 Å². The standard InChI is InChI=1S/C17H28N2O3/c1-2-15(20)19-10-6-3-7-14(19)16(21)18-11-12-22-17(13-18)8-4-5-9-17/h14H,2-13H2,1H3/t14-/m1/s1. The summed E-state index contributed by atoms with van der Waals surface area (Å²) in [5, 5.41) is 0. The van der Waals surface area contributed by atoms with Crippen molar-refractivity contribution in [3.05, 3.63) is 0 Å². The summed E-state index contributed by atoms with van der Waals surface area (Å²) in [5.74, 6) is 0.262. The van der Waals surface area contributed by atoms with Crippen LogP contribution in [-0.4, -0.2) is 59.5 Å². The zero-order chi connectivity index (χ0) is 15.6. The van der Waals surface area contributed by atoms with Crippen molar-refractivity contribution in [1.82, 2.24) is 9.80 Å². The molecule has 0 aromatic heterocycles. The molecule has 2 saturated heterocycles. The van der Waals surface area contributed by atoms with Crippen molar-refractivity contribution < 1.29 is 14.3 Å². The van der Waals surface area contributed by atoms with Crippen molar-refractivity contribution in [3.8, 4) is 0 Å². The number of rotatable bonds is 2. The van der Waals surface area contributed by atoms with E-state index in [-0.39, 0.29) is 23.5 Å². The molecular weight excluding hydrogens is 280 g/mol. The van der Waals surface area contributed by atoms with Crippen LogP contribution in [0.1, 0.15) is 58.3 Å². The highest BCUT2D eigenvalue weighted by atomic mass is 16.5. The number of piperidine rings is 1. The largest absolute Gasteiger partial charge is 0.371 e. The molecular formula is C17H28N2O3. The van der Waals surface area contributed by atoms with E-state index in [0.29, 0.717) is 19.6 Å². The van der Waals surface area contributed by atoms with Crippen LogP contribution in [0.25, 0.3) is 0 Å². The minimum Gasteiger partial charge on any atom is -0.371 e. The van der Waals surface area contributed by atoms with E-state index in [2.05, 4.69) is 0 Å². The van der Waals surface area contributed by atoms with Gasteiger partial charge in [0.1, 0.15) is 6.04 Å². The topological polar surface area (TPSA) is 49.9 Å². The summed E-state index contributed by atoms with van der Waals surface area (Å²) in [6.07, 6.45) is 7.89. The van der Waals surface area contributed by atoms with Crippen molar-refractivity contribution >= 4 is 11.8 Å². The number of carbonyl (C=O) groups excluding carboxylic acids is 2. The molecule has 1 spiro atoms. The molecule has 2 aliphatic heterocycles. The molecule has 1 saturated carbocycles. The zero-order valence-electron chi connectivity index (χ0n) is 13.7. The van der Waals surface area contributed by atoms with Crippen molar-refractivity contribution in [2.75, 3.05) is 26.2 Å². The fourth-order valence-corrected chi connectivity index (χ4v) is 4.26. The average molecular weight is 308 g/mol. The van der Waals surface area contributed by atoms with Crippen molar-refractivity contribution in [3.63, 3.8) is 0 Å². The third kappa shape index (κ3) is 3.00. The van der Waals surface area contributed by atoms with E-state index in [1.807, 2.05) is 16.7 Å². The van der Waals surface area contributed by atoms with Crippen LogP contribution in [0, 0.1) is 0 Å². The van der Waals surface area contributed by atoms with Crippen LogP contribution < -0.4 is 0 Å². The van der Waals surface area contributed by atoms with E-state index in [0.717, 1.165) is 45.2 Å². The van der Waals surface area contributed by atoms with E-state index in [9.17, 15) is 9.59 Å². The highest BCUT2D eigenvalue weighted by Crippen LogP contribution is 2.36. The van der Waals surface area contributed by atoms with Gasteiger partial charge in [0.15, 0.2) is 0 Å². The third-order valence-corrected chi connectivity index (χ3v) is 5.49. The van der Waals surface area contributed by atoms with Crippen LogP contribution in [0.15, 0.2) is 0 Å². The van der Waals surface area contributed by atoms with Crippen LogP contribution in [-0.2, 0) is 14.3 Å². The average Bonchev–Trinajstić information content (AvgIpc) is 3.01. The molecule has 1 atom stereocenters. The Hall–Kier alpha value is -1.10.